The first kappa shape index (κ1) is 12.2. The SMILES string of the molecule is CN(CC1CCCCC1)c1ccc(I)cc1. The molecule has 0 N–H and O–H groups in total. The smallest absolute Gasteiger partial charge is 0.0364 e. The zero-order chi connectivity index (χ0) is 11.4. The second-order valence-corrected chi connectivity index (χ2v) is 6.11. The van der Waals surface area contributed by atoms with Crippen LogP contribution < -0.4 is 4.90 Å². The summed E-state index contributed by atoms with van der Waals surface area (Å²) < 4.78 is 1.31. The first-order valence-corrected chi connectivity index (χ1v) is 7.30. The van der Waals surface area contributed by atoms with Crippen LogP contribution in [0.15, 0.2) is 24.3 Å². The fourth-order valence-electron chi connectivity index (χ4n) is 2.56. The predicted octanol–water partition coefficient (Wildman–Crippen LogP) is 4.31. The summed E-state index contributed by atoms with van der Waals surface area (Å²) in [6.45, 7) is 1.22. The van der Waals surface area contributed by atoms with E-state index in [2.05, 4.69) is 58.8 Å². The van der Waals surface area contributed by atoms with Crippen molar-refractivity contribution in [2.24, 2.45) is 5.92 Å². The van der Waals surface area contributed by atoms with Gasteiger partial charge >= 0.3 is 0 Å². The Morgan fingerprint density at radius 1 is 1.12 bits per heavy atom. The highest BCUT2D eigenvalue weighted by Crippen LogP contribution is 2.26. The minimum Gasteiger partial charge on any atom is -0.374 e. The van der Waals surface area contributed by atoms with E-state index in [0.717, 1.165) is 5.92 Å². The van der Waals surface area contributed by atoms with Crippen molar-refractivity contribution >= 4 is 28.3 Å². The third-order valence-electron chi connectivity index (χ3n) is 3.52. The van der Waals surface area contributed by atoms with E-state index in [1.54, 1.807) is 0 Å². The molecule has 16 heavy (non-hydrogen) atoms. The Balaban J connectivity index is 1.91. The molecule has 2 rings (SSSR count). The molecule has 0 aromatic heterocycles. The van der Waals surface area contributed by atoms with Crippen molar-refractivity contribution in [3.05, 3.63) is 27.8 Å². The van der Waals surface area contributed by atoms with Gasteiger partial charge in [0.05, 0.1) is 0 Å². The Hall–Kier alpha value is -0.250. The van der Waals surface area contributed by atoms with Gasteiger partial charge in [-0.15, -0.1) is 0 Å². The second kappa shape index (κ2) is 5.89. The number of halogens is 1. The van der Waals surface area contributed by atoms with Gasteiger partial charge in [-0.2, -0.15) is 0 Å². The highest BCUT2D eigenvalue weighted by molar-refractivity contribution is 14.1. The molecule has 1 aromatic carbocycles. The van der Waals surface area contributed by atoms with E-state index in [-0.39, 0.29) is 0 Å². The molecular formula is C14H20IN. The third kappa shape index (κ3) is 3.37. The molecule has 2 heteroatoms. The quantitative estimate of drug-likeness (QED) is 0.747. The van der Waals surface area contributed by atoms with Crippen molar-refractivity contribution in [1.82, 2.24) is 0 Å². The summed E-state index contributed by atoms with van der Waals surface area (Å²) in [5.74, 6) is 0.915. The number of rotatable bonds is 3. The van der Waals surface area contributed by atoms with Gasteiger partial charge in [0.25, 0.3) is 0 Å². The molecule has 1 fully saturated rings. The van der Waals surface area contributed by atoms with E-state index in [0.29, 0.717) is 0 Å². The molecule has 1 nitrogen and oxygen atoms in total. The average Bonchev–Trinajstić information content (AvgIpc) is 2.31. The summed E-state index contributed by atoms with van der Waals surface area (Å²) in [5, 5.41) is 0. The van der Waals surface area contributed by atoms with Gasteiger partial charge in [0.15, 0.2) is 0 Å². The summed E-state index contributed by atoms with van der Waals surface area (Å²) in [5.41, 5.74) is 1.35. The van der Waals surface area contributed by atoms with Crippen LogP contribution in [0.1, 0.15) is 32.1 Å². The van der Waals surface area contributed by atoms with Crippen LogP contribution >= 0.6 is 22.6 Å². The Labute approximate surface area is 112 Å². The summed E-state index contributed by atoms with van der Waals surface area (Å²) >= 11 is 2.36. The van der Waals surface area contributed by atoms with Gasteiger partial charge in [-0.3, -0.25) is 0 Å². The standard InChI is InChI=1S/C14H20IN/c1-16(11-12-5-3-2-4-6-12)14-9-7-13(15)8-10-14/h7-10,12H,2-6,11H2,1H3. The van der Waals surface area contributed by atoms with Crippen LogP contribution in [-0.2, 0) is 0 Å². The molecule has 1 aromatic rings. The van der Waals surface area contributed by atoms with Gasteiger partial charge in [-0.25, -0.2) is 0 Å². The van der Waals surface area contributed by atoms with Crippen LogP contribution in [0.3, 0.4) is 0 Å². The first-order valence-electron chi connectivity index (χ1n) is 6.22. The molecule has 0 amide bonds. The van der Waals surface area contributed by atoms with E-state index in [1.807, 2.05) is 0 Å². The van der Waals surface area contributed by atoms with E-state index in [9.17, 15) is 0 Å². The summed E-state index contributed by atoms with van der Waals surface area (Å²) in [6.07, 6.45) is 7.17. The van der Waals surface area contributed by atoms with Crippen molar-refractivity contribution in [3.63, 3.8) is 0 Å². The molecule has 0 aliphatic heterocycles. The highest BCUT2D eigenvalue weighted by Gasteiger charge is 2.15. The van der Waals surface area contributed by atoms with E-state index in [4.69, 9.17) is 0 Å². The lowest BCUT2D eigenvalue weighted by molar-refractivity contribution is 0.362. The minimum atomic E-state index is 0.915. The van der Waals surface area contributed by atoms with Crippen molar-refractivity contribution in [2.75, 3.05) is 18.5 Å². The molecular weight excluding hydrogens is 309 g/mol. The monoisotopic (exact) mass is 329 g/mol. The van der Waals surface area contributed by atoms with Crippen LogP contribution in [-0.4, -0.2) is 13.6 Å². The average molecular weight is 329 g/mol. The molecule has 1 aliphatic rings. The van der Waals surface area contributed by atoms with Crippen molar-refractivity contribution in [3.8, 4) is 0 Å². The molecule has 0 heterocycles. The topological polar surface area (TPSA) is 3.24 Å². The van der Waals surface area contributed by atoms with Crippen LogP contribution in [0.5, 0.6) is 0 Å². The summed E-state index contributed by atoms with van der Waals surface area (Å²) in [7, 11) is 2.22. The number of benzene rings is 1. The first-order chi connectivity index (χ1) is 7.75. The molecule has 1 saturated carbocycles. The Morgan fingerprint density at radius 2 is 1.75 bits per heavy atom. The second-order valence-electron chi connectivity index (χ2n) is 4.86. The van der Waals surface area contributed by atoms with Gasteiger partial charge in [-0.05, 0) is 65.6 Å². The largest absolute Gasteiger partial charge is 0.374 e. The molecule has 0 saturated heterocycles. The molecule has 0 radical (unpaired) electrons. The van der Waals surface area contributed by atoms with Gasteiger partial charge in [-0.1, -0.05) is 19.3 Å². The molecule has 1 aliphatic carbocycles. The van der Waals surface area contributed by atoms with Crippen molar-refractivity contribution < 1.29 is 0 Å². The lowest BCUT2D eigenvalue weighted by Gasteiger charge is -2.28. The van der Waals surface area contributed by atoms with Crippen LogP contribution in [0.4, 0.5) is 5.69 Å². The zero-order valence-corrected chi connectivity index (χ0v) is 12.1. The van der Waals surface area contributed by atoms with Crippen LogP contribution in [0.25, 0.3) is 0 Å². The summed E-state index contributed by atoms with van der Waals surface area (Å²) in [6, 6.07) is 8.83. The lowest BCUT2D eigenvalue weighted by Crippen LogP contribution is -2.26. The Morgan fingerprint density at radius 3 is 2.38 bits per heavy atom. The third-order valence-corrected chi connectivity index (χ3v) is 4.24. The Kier molecular flexibility index (Phi) is 4.50. The number of hydrogen-bond donors (Lipinski definition) is 0. The van der Waals surface area contributed by atoms with Gasteiger partial charge in [0, 0.05) is 22.8 Å². The number of nitrogens with zero attached hydrogens (tertiary/aromatic N) is 1. The van der Waals surface area contributed by atoms with E-state index < -0.39 is 0 Å². The highest BCUT2D eigenvalue weighted by atomic mass is 127. The van der Waals surface area contributed by atoms with Crippen LogP contribution in [0.2, 0.25) is 0 Å². The maximum Gasteiger partial charge on any atom is 0.0364 e. The molecule has 0 spiro atoms. The van der Waals surface area contributed by atoms with Crippen molar-refractivity contribution in [2.45, 2.75) is 32.1 Å². The van der Waals surface area contributed by atoms with Gasteiger partial charge in [0.2, 0.25) is 0 Å². The fraction of sp³-hybridized carbons (Fsp3) is 0.571. The van der Waals surface area contributed by atoms with Gasteiger partial charge in [0.1, 0.15) is 0 Å². The lowest BCUT2D eigenvalue weighted by atomic mass is 9.89. The van der Waals surface area contributed by atoms with Crippen LogP contribution in [0, 0.1) is 9.49 Å². The maximum absolute atomic E-state index is 2.41. The van der Waals surface area contributed by atoms with Gasteiger partial charge < -0.3 is 4.90 Å². The molecule has 0 atom stereocenters. The maximum atomic E-state index is 2.41. The van der Waals surface area contributed by atoms with E-state index in [1.165, 1.54) is 47.9 Å². The predicted molar refractivity (Wildman–Crippen MR) is 79.0 cm³/mol. The zero-order valence-electron chi connectivity index (χ0n) is 9.95. The number of anilines is 1. The van der Waals surface area contributed by atoms with Crippen molar-refractivity contribution in [1.29, 1.82) is 0 Å². The van der Waals surface area contributed by atoms with E-state index >= 15 is 0 Å². The Bertz CT molecular complexity index is 314. The fourth-order valence-corrected chi connectivity index (χ4v) is 2.92. The summed E-state index contributed by atoms with van der Waals surface area (Å²) in [4.78, 5) is 2.41. The normalized spacial score (nSPS) is 17.4. The minimum absolute atomic E-state index is 0.915. The molecule has 88 valence electrons. The molecule has 0 bridgehead atoms. The number of hydrogen-bond acceptors (Lipinski definition) is 1. The molecule has 0 unspecified atom stereocenters.